The molecule has 4 N–H and O–H groups in total. The Kier molecular flexibility index (Phi) is 9.18. The quantitative estimate of drug-likeness (QED) is 0.0740. The van der Waals surface area contributed by atoms with Crippen LogP contribution in [0.25, 0.3) is 0 Å². The fourth-order valence-electron chi connectivity index (χ4n) is 5.17. The number of oxime groups is 1. The number of thiazole rings is 1. The van der Waals surface area contributed by atoms with E-state index in [2.05, 4.69) is 21.5 Å². The maximum absolute atomic E-state index is 14.1. The predicted molar refractivity (Wildman–Crippen MR) is 174 cm³/mol. The number of anilines is 1. The van der Waals surface area contributed by atoms with E-state index >= 15 is 0 Å². The number of benzene rings is 3. The summed E-state index contributed by atoms with van der Waals surface area (Å²) in [5, 5.41) is 25.4. The number of amides is 2. The highest BCUT2D eigenvalue weighted by Crippen LogP contribution is 2.42. The lowest BCUT2D eigenvalue weighted by Crippen LogP contribution is -2.71. The molecule has 3 heterocycles. The number of nitrogens with one attached hydrogen (secondary N) is 1. The molecule has 0 bridgehead atoms. The van der Waals surface area contributed by atoms with E-state index in [4.69, 9.17) is 15.2 Å². The molecular weight excluding hydrogens is 641 g/mol. The van der Waals surface area contributed by atoms with E-state index in [1.165, 1.54) is 22.0 Å². The first-order valence-corrected chi connectivity index (χ1v) is 16.2. The van der Waals surface area contributed by atoms with Gasteiger partial charge in [0.25, 0.3) is 11.8 Å². The second kappa shape index (κ2) is 13.8. The number of esters is 1. The van der Waals surface area contributed by atoms with Crippen LogP contribution >= 0.6 is 23.1 Å². The number of carbonyl (C=O) groups excluding carboxylic acids is 3. The summed E-state index contributed by atoms with van der Waals surface area (Å²) < 4.78 is 12.1. The van der Waals surface area contributed by atoms with E-state index in [1.807, 2.05) is 60.7 Å². The summed E-state index contributed by atoms with van der Waals surface area (Å²) in [4.78, 5) is 46.1. The molecular formula is C33H26N6O6S2. The van der Waals surface area contributed by atoms with Gasteiger partial charge in [0, 0.05) is 16.7 Å². The van der Waals surface area contributed by atoms with Crippen molar-refractivity contribution >= 4 is 51.7 Å². The van der Waals surface area contributed by atoms with Crippen molar-refractivity contribution in [3.8, 4) is 11.8 Å². The van der Waals surface area contributed by atoms with E-state index in [1.54, 1.807) is 24.3 Å². The molecule has 1 aromatic heterocycles. The maximum Gasteiger partial charge on any atom is 0.356 e. The fourth-order valence-corrected chi connectivity index (χ4v) is 7.05. The lowest BCUT2D eigenvalue weighted by molar-refractivity contribution is -0.154. The number of thioether (sulfide) groups is 1. The number of hydrogen-bond donors (Lipinski definition) is 3. The van der Waals surface area contributed by atoms with Gasteiger partial charge in [0.15, 0.2) is 16.9 Å². The van der Waals surface area contributed by atoms with Gasteiger partial charge in [0.1, 0.15) is 35.2 Å². The van der Waals surface area contributed by atoms with Crippen LogP contribution in [0, 0.1) is 11.3 Å². The van der Waals surface area contributed by atoms with Crippen LogP contribution in [0.1, 0.15) is 28.5 Å². The number of hydrogen-bond acceptors (Lipinski definition) is 12. The Morgan fingerprint density at radius 3 is 2.43 bits per heavy atom. The van der Waals surface area contributed by atoms with Gasteiger partial charge >= 0.3 is 5.97 Å². The number of rotatable bonds is 10. The minimum absolute atomic E-state index is 0.0147. The van der Waals surface area contributed by atoms with Gasteiger partial charge in [0.2, 0.25) is 0 Å². The number of β-lactam (4-membered cyclic amide) rings is 1. The minimum Gasteiger partial charge on any atom is -0.489 e. The van der Waals surface area contributed by atoms with Crippen LogP contribution in [0.2, 0.25) is 0 Å². The van der Waals surface area contributed by atoms with Crippen molar-refractivity contribution in [3.05, 3.63) is 124 Å². The summed E-state index contributed by atoms with van der Waals surface area (Å²) in [5.74, 6) is -1.44. The van der Waals surface area contributed by atoms with Gasteiger partial charge in [0.05, 0.1) is 11.6 Å². The van der Waals surface area contributed by atoms with E-state index < -0.39 is 41.0 Å². The Morgan fingerprint density at radius 1 is 1.11 bits per heavy atom. The summed E-state index contributed by atoms with van der Waals surface area (Å²) >= 11 is 2.39. The molecule has 6 rings (SSSR count). The lowest BCUT2D eigenvalue weighted by atomic mass is 10.0. The molecule has 1 fully saturated rings. The third-order valence-electron chi connectivity index (χ3n) is 7.41. The molecule has 1 saturated heterocycles. The number of nitrogens with two attached hydrogens (primary N) is 1. The number of nitrogens with zero attached hydrogens (tertiary/aromatic N) is 4. The molecule has 0 saturated carbocycles. The molecule has 3 aromatic carbocycles. The summed E-state index contributed by atoms with van der Waals surface area (Å²) in [5.41, 5.74) is 7.71. The standard InChI is InChI=1S/C33H26N6O6S2/c34-15-19-8-7-13-23(14-19)44-16-22-17-46-31-26(37-29(40)25(38-43)24-18-47-33(35)36-24)30(41)39(31)27(22)32(42)45-28(20-9-3-1-4-10-20)21-11-5-2-6-12-21/h1-14,18,26,28,31,43H,16-17H2,(H2,35,36)(H,37,40)/t26?,31-/m0/s1. The number of ether oxygens (including phenoxy) is 2. The first kappa shape index (κ1) is 31.3. The summed E-state index contributed by atoms with van der Waals surface area (Å²) in [6.07, 6.45) is -0.777. The molecule has 4 aromatic rings. The zero-order valence-electron chi connectivity index (χ0n) is 24.5. The zero-order chi connectivity index (χ0) is 32.9. The highest BCUT2D eigenvalue weighted by molar-refractivity contribution is 8.00. The first-order chi connectivity index (χ1) is 22.9. The van der Waals surface area contributed by atoms with Crippen LogP contribution in [0.5, 0.6) is 5.75 Å². The molecule has 2 aliphatic rings. The zero-order valence-corrected chi connectivity index (χ0v) is 26.1. The van der Waals surface area contributed by atoms with E-state index in [9.17, 15) is 24.9 Å². The number of carbonyl (C=O) groups is 3. The number of fused-ring (bicyclic) bond motifs is 1. The largest absolute Gasteiger partial charge is 0.489 e. The molecule has 2 aliphatic heterocycles. The van der Waals surface area contributed by atoms with Crippen LogP contribution in [-0.4, -0.2) is 62.4 Å². The lowest BCUT2D eigenvalue weighted by Gasteiger charge is -2.49. The van der Waals surface area contributed by atoms with E-state index in [-0.39, 0.29) is 28.9 Å². The maximum atomic E-state index is 14.1. The van der Waals surface area contributed by atoms with Crippen LogP contribution in [0.3, 0.4) is 0 Å². The number of aromatic nitrogens is 1. The summed E-state index contributed by atoms with van der Waals surface area (Å²) in [6, 6.07) is 26.1. The molecule has 2 amide bonds. The van der Waals surface area contributed by atoms with Gasteiger partial charge in [-0.2, -0.15) is 5.26 Å². The average molecular weight is 667 g/mol. The van der Waals surface area contributed by atoms with E-state index in [0.29, 0.717) is 16.9 Å². The highest BCUT2D eigenvalue weighted by Gasteiger charge is 2.55. The highest BCUT2D eigenvalue weighted by atomic mass is 32.2. The molecule has 236 valence electrons. The first-order valence-electron chi connectivity index (χ1n) is 14.2. The van der Waals surface area contributed by atoms with Gasteiger partial charge in [-0.25, -0.2) is 9.78 Å². The van der Waals surface area contributed by atoms with Crippen LogP contribution in [0.15, 0.2) is 107 Å². The monoisotopic (exact) mass is 666 g/mol. The molecule has 0 aliphatic carbocycles. The van der Waals surface area contributed by atoms with Crippen molar-refractivity contribution < 1.29 is 29.1 Å². The molecule has 0 radical (unpaired) electrons. The third kappa shape index (κ3) is 6.53. The van der Waals surface area contributed by atoms with Crippen molar-refractivity contribution in [2.24, 2.45) is 5.16 Å². The Hall–Kier alpha value is -5.65. The van der Waals surface area contributed by atoms with Crippen molar-refractivity contribution in [2.75, 3.05) is 18.1 Å². The Bertz CT molecular complexity index is 1880. The Labute approximate surface area is 277 Å². The smallest absolute Gasteiger partial charge is 0.356 e. The fraction of sp³-hybridized carbons (Fsp3) is 0.152. The number of nitriles is 1. The second-order valence-corrected chi connectivity index (χ2v) is 12.4. The topological polar surface area (TPSA) is 180 Å². The van der Waals surface area contributed by atoms with Crippen LogP contribution in [-0.2, 0) is 19.1 Å². The summed E-state index contributed by atoms with van der Waals surface area (Å²) in [7, 11) is 0. The molecule has 14 heteroatoms. The normalized spacial score (nSPS) is 17.4. The third-order valence-corrected chi connectivity index (χ3v) is 9.43. The average Bonchev–Trinajstić information content (AvgIpc) is 3.54. The van der Waals surface area contributed by atoms with Crippen LogP contribution < -0.4 is 15.8 Å². The molecule has 1 unspecified atom stereocenters. The van der Waals surface area contributed by atoms with Gasteiger partial charge in [-0.1, -0.05) is 71.9 Å². The SMILES string of the molecule is N#Cc1cccc(OCC2=C(C(=O)OC(c3ccccc3)c3ccccc3)N3C(=O)C(NC(=O)C(=NO)c4csc(N)n4)[C@@H]3SC2)c1. The van der Waals surface area contributed by atoms with Crippen molar-refractivity contribution in [2.45, 2.75) is 17.5 Å². The van der Waals surface area contributed by atoms with E-state index in [0.717, 1.165) is 22.5 Å². The predicted octanol–water partition coefficient (Wildman–Crippen LogP) is 3.84. The minimum atomic E-state index is -1.03. The Balaban J connectivity index is 1.29. The van der Waals surface area contributed by atoms with Gasteiger partial charge in [-0.15, -0.1) is 23.1 Å². The van der Waals surface area contributed by atoms with Crippen LogP contribution in [0.4, 0.5) is 5.13 Å². The summed E-state index contributed by atoms with van der Waals surface area (Å²) in [6.45, 7) is -0.0618. The Morgan fingerprint density at radius 2 is 1.81 bits per heavy atom. The van der Waals surface area contributed by atoms with Gasteiger partial charge in [-0.3, -0.25) is 14.5 Å². The van der Waals surface area contributed by atoms with Gasteiger partial charge < -0.3 is 25.7 Å². The van der Waals surface area contributed by atoms with Gasteiger partial charge in [-0.05, 0) is 29.3 Å². The van der Waals surface area contributed by atoms with Crippen molar-refractivity contribution in [1.82, 2.24) is 15.2 Å². The molecule has 47 heavy (non-hydrogen) atoms. The molecule has 0 spiro atoms. The second-order valence-electron chi connectivity index (χ2n) is 10.4. The molecule has 2 atom stereocenters. The van der Waals surface area contributed by atoms with Crippen molar-refractivity contribution in [1.29, 1.82) is 5.26 Å². The van der Waals surface area contributed by atoms with Crippen molar-refractivity contribution in [3.63, 3.8) is 0 Å². The molecule has 12 nitrogen and oxygen atoms in total. The number of nitrogen functional groups attached to an aromatic ring is 1.